The van der Waals surface area contributed by atoms with E-state index in [2.05, 4.69) is 28.5 Å². The predicted octanol–water partition coefficient (Wildman–Crippen LogP) is 4.75. The molecule has 0 saturated heterocycles. The number of nitrogens with zero attached hydrogens (tertiary/aromatic N) is 2. The molecule has 1 atom stereocenters. The van der Waals surface area contributed by atoms with Crippen LogP contribution in [0.1, 0.15) is 18.1 Å². The zero-order valence-corrected chi connectivity index (χ0v) is 16.6. The fraction of sp³-hybridized carbons (Fsp3) is 0.0800. The first kappa shape index (κ1) is 19.5. The van der Waals surface area contributed by atoms with Crippen LogP contribution < -0.4 is 11.1 Å². The maximum absolute atomic E-state index is 11.7. The van der Waals surface area contributed by atoms with Crippen LogP contribution in [0.25, 0.3) is 34.4 Å². The number of anilines is 1. The quantitative estimate of drug-likeness (QED) is 0.512. The Labute approximate surface area is 175 Å². The summed E-state index contributed by atoms with van der Waals surface area (Å²) in [6.07, 6.45) is 5.89. The van der Waals surface area contributed by atoms with Crippen LogP contribution in [0, 0.1) is 0 Å². The highest BCUT2D eigenvalue weighted by Gasteiger charge is 2.08. The van der Waals surface area contributed by atoms with E-state index in [1.165, 1.54) is 0 Å². The van der Waals surface area contributed by atoms with E-state index in [9.17, 15) is 4.79 Å². The molecular formula is C25H22N4O. The molecule has 0 bridgehead atoms. The molecule has 0 unspecified atom stereocenters. The highest BCUT2D eigenvalue weighted by atomic mass is 16.2. The first-order chi connectivity index (χ1) is 14.6. The van der Waals surface area contributed by atoms with E-state index in [1.54, 1.807) is 13.1 Å². The van der Waals surface area contributed by atoms with Gasteiger partial charge in [0.05, 0.1) is 22.9 Å². The number of carbonyl (C=O) groups is 1. The molecule has 1 amide bonds. The number of nitrogens with two attached hydrogens (primary N) is 1. The predicted molar refractivity (Wildman–Crippen MR) is 123 cm³/mol. The molecule has 5 nitrogen and oxygen atoms in total. The minimum Gasteiger partial charge on any atom is -0.325 e. The topological polar surface area (TPSA) is 80.9 Å². The van der Waals surface area contributed by atoms with Gasteiger partial charge in [0.2, 0.25) is 5.91 Å². The second-order valence-electron chi connectivity index (χ2n) is 7.06. The van der Waals surface area contributed by atoms with E-state index in [1.807, 2.05) is 66.7 Å². The van der Waals surface area contributed by atoms with E-state index < -0.39 is 6.04 Å². The molecule has 4 rings (SSSR count). The van der Waals surface area contributed by atoms with E-state index in [4.69, 9.17) is 10.7 Å². The first-order valence-electron chi connectivity index (χ1n) is 9.76. The lowest BCUT2D eigenvalue weighted by Crippen LogP contribution is -2.32. The number of benzene rings is 2. The van der Waals surface area contributed by atoms with Gasteiger partial charge in [-0.1, -0.05) is 48.6 Å². The lowest BCUT2D eigenvalue weighted by atomic mass is 10.0. The average Bonchev–Trinajstić information content (AvgIpc) is 2.78. The highest BCUT2D eigenvalue weighted by molar-refractivity contribution is 5.95. The Morgan fingerprint density at radius 3 is 2.47 bits per heavy atom. The molecule has 148 valence electrons. The van der Waals surface area contributed by atoms with Crippen molar-refractivity contribution >= 4 is 34.6 Å². The second kappa shape index (κ2) is 8.68. The van der Waals surface area contributed by atoms with Crippen molar-refractivity contribution in [1.29, 1.82) is 0 Å². The maximum Gasteiger partial charge on any atom is 0.240 e. The molecule has 0 aliphatic carbocycles. The standard InChI is InChI=1S/C25H22N4O/c1-17(26)25(30)28-20-13-10-18(11-14-20)9-12-19-16-24(23-8-4-5-15-27-23)29-22-7-3-2-6-21(19)22/h2-17H,26H2,1H3,(H,28,30)/t17-/m0/s1. The Bertz CT molecular complexity index is 1200. The van der Waals surface area contributed by atoms with Gasteiger partial charge in [0.1, 0.15) is 0 Å². The van der Waals surface area contributed by atoms with Gasteiger partial charge < -0.3 is 11.1 Å². The molecule has 0 spiro atoms. The third-order valence-corrected chi connectivity index (χ3v) is 4.72. The number of pyridine rings is 2. The second-order valence-corrected chi connectivity index (χ2v) is 7.06. The number of hydrogen-bond acceptors (Lipinski definition) is 4. The van der Waals surface area contributed by atoms with Gasteiger partial charge >= 0.3 is 0 Å². The number of carbonyl (C=O) groups excluding carboxylic acids is 1. The Balaban J connectivity index is 1.64. The van der Waals surface area contributed by atoms with Crippen LogP contribution in [0.2, 0.25) is 0 Å². The monoisotopic (exact) mass is 394 g/mol. The van der Waals surface area contributed by atoms with Crippen LogP contribution in [-0.2, 0) is 4.79 Å². The Kier molecular flexibility index (Phi) is 5.63. The number of hydrogen-bond donors (Lipinski definition) is 2. The number of aromatic nitrogens is 2. The molecule has 4 aromatic rings. The third kappa shape index (κ3) is 4.42. The molecule has 5 heteroatoms. The molecule has 0 saturated carbocycles. The van der Waals surface area contributed by atoms with Crippen LogP contribution in [0.3, 0.4) is 0 Å². The van der Waals surface area contributed by atoms with Gasteiger partial charge in [0, 0.05) is 17.3 Å². The molecule has 2 heterocycles. The van der Waals surface area contributed by atoms with Crippen LogP contribution in [0.15, 0.2) is 79.0 Å². The summed E-state index contributed by atoms with van der Waals surface area (Å²) in [5, 5.41) is 3.87. The lowest BCUT2D eigenvalue weighted by molar-refractivity contribution is -0.117. The SMILES string of the molecule is C[C@H](N)C(=O)Nc1ccc(C=Cc2cc(-c3ccccn3)nc3ccccc23)cc1. The zero-order chi connectivity index (χ0) is 20.9. The van der Waals surface area contributed by atoms with Gasteiger partial charge in [-0.2, -0.15) is 0 Å². The first-order valence-corrected chi connectivity index (χ1v) is 9.76. The summed E-state index contributed by atoms with van der Waals surface area (Å²) in [6, 6.07) is 23.0. The lowest BCUT2D eigenvalue weighted by Gasteiger charge is -2.08. The molecule has 2 aromatic carbocycles. The third-order valence-electron chi connectivity index (χ3n) is 4.72. The van der Waals surface area contributed by atoms with Gasteiger partial charge in [-0.25, -0.2) is 4.98 Å². The fourth-order valence-corrected chi connectivity index (χ4v) is 3.11. The summed E-state index contributed by atoms with van der Waals surface area (Å²) in [6.45, 7) is 1.66. The van der Waals surface area contributed by atoms with Gasteiger partial charge in [0.25, 0.3) is 0 Å². The van der Waals surface area contributed by atoms with Gasteiger partial charge in [-0.05, 0) is 54.4 Å². The van der Waals surface area contributed by atoms with Crippen LogP contribution >= 0.6 is 0 Å². The van der Waals surface area contributed by atoms with Crippen molar-refractivity contribution in [2.24, 2.45) is 5.73 Å². The Morgan fingerprint density at radius 1 is 0.967 bits per heavy atom. The summed E-state index contributed by atoms with van der Waals surface area (Å²) >= 11 is 0. The van der Waals surface area contributed by atoms with Gasteiger partial charge in [-0.3, -0.25) is 9.78 Å². The summed E-state index contributed by atoms with van der Waals surface area (Å²) in [5.41, 5.74) is 11.0. The van der Waals surface area contributed by atoms with E-state index in [-0.39, 0.29) is 5.91 Å². The van der Waals surface area contributed by atoms with Crippen molar-refractivity contribution < 1.29 is 4.79 Å². The van der Waals surface area contributed by atoms with Crippen molar-refractivity contribution in [1.82, 2.24) is 9.97 Å². The van der Waals surface area contributed by atoms with Crippen molar-refractivity contribution in [3.8, 4) is 11.4 Å². The van der Waals surface area contributed by atoms with Gasteiger partial charge in [-0.15, -0.1) is 0 Å². The number of para-hydroxylation sites is 1. The molecule has 3 N–H and O–H groups in total. The van der Waals surface area contributed by atoms with Crippen LogP contribution in [0.4, 0.5) is 5.69 Å². The van der Waals surface area contributed by atoms with Crippen molar-refractivity contribution in [2.45, 2.75) is 13.0 Å². The molecule has 0 radical (unpaired) electrons. The normalized spacial score (nSPS) is 12.2. The molecule has 0 fully saturated rings. The number of amides is 1. The van der Waals surface area contributed by atoms with Crippen molar-refractivity contribution in [2.75, 3.05) is 5.32 Å². The van der Waals surface area contributed by atoms with E-state index in [0.29, 0.717) is 0 Å². The minimum absolute atomic E-state index is 0.205. The number of nitrogens with one attached hydrogen (secondary N) is 1. The van der Waals surface area contributed by atoms with E-state index >= 15 is 0 Å². The summed E-state index contributed by atoms with van der Waals surface area (Å²) in [4.78, 5) is 20.9. The molecule has 0 aliphatic heterocycles. The summed E-state index contributed by atoms with van der Waals surface area (Å²) in [7, 11) is 0. The zero-order valence-electron chi connectivity index (χ0n) is 16.6. The van der Waals surface area contributed by atoms with Crippen molar-refractivity contribution in [3.63, 3.8) is 0 Å². The maximum atomic E-state index is 11.7. The fourth-order valence-electron chi connectivity index (χ4n) is 3.11. The number of fused-ring (bicyclic) bond motifs is 1. The van der Waals surface area contributed by atoms with Crippen molar-refractivity contribution in [3.05, 3.63) is 90.1 Å². The highest BCUT2D eigenvalue weighted by Crippen LogP contribution is 2.25. The molecule has 30 heavy (non-hydrogen) atoms. The Hall–Kier alpha value is -3.83. The average molecular weight is 394 g/mol. The summed E-state index contributed by atoms with van der Waals surface area (Å²) in [5.74, 6) is -0.205. The van der Waals surface area contributed by atoms with Crippen LogP contribution in [0.5, 0.6) is 0 Å². The largest absolute Gasteiger partial charge is 0.325 e. The molecule has 0 aliphatic rings. The molecule has 2 aromatic heterocycles. The Morgan fingerprint density at radius 2 is 1.73 bits per heavy atom. The smallest absolute Gasteiger partial charge is 0.240 e. The summed E-state index contributed by atoms with van der Waals surface area (Å²) < 4.78 is 0. The number of rotatable bonds is 5. The van der Waals surface area contributed by atoms with Gasteiger partial charge in [0.15, 0.2) is 0 Å². The molecular weight excluding hydrogens is 372 g/mol. The van der Waals surface area contributed by atoms with E-state index in [0.717, 1.165) is 39.1 Å². The minimum atomic E-state index is -0.544. The van der Waals surface area contributed by atoms with Crippen LogP contribution in [-0.4, -0.2) is 21.9 Å².